The zero-order chi connectivity index (χ0) is 59.6. The number of hydrogen-bond donors (Lipinski definition) is 3. The minimum atomic E-state index is -0.918. The van der Waals surface area contributed by atoms with Crippen LogP contribution in [0.2, 0.25) is 0 Å². The van der Waals surface area contributed by atoms with Gasteiger partial charge in [0.15, 0.2) is 36.2 Å². The molecule has 3 heterocycles. The molecule has 0 aromatic heterocycles. The Balaban J connectivity index is 0.840. The lowest BCUT2D eigenvalue weighted by atomic mass is 9.84. The van der Waals surface area contributed by atoms with Crippen LogP contribution in [0, 0.1) is 5.41 Å². The van der Waals surface area contributed by atoms with Crippen LogP contribution >= 0.6 is 0 Å². The topological polar surface area (TPSA) is 268 Å². The maximum absolute atomic E-state index is 14.1. The smallest absolute Gasteiger partial charge is 0.329 e. The van der Waals surface area contributed by atoms with Crippen molar-refractivity contribution in [1.82, 2.24) is 25.8 Å². The number of hydrogen-bond acceptors (Lipinski definition) is 17. The number of methoxy groups -OCH3 is 4. The number of nitrogens with one attached hydrogen (secondary N) is 3. The van der Waals surface area contributed by atoms with Crippen LogP contribution < -0.4 is 44.4 Å². The van der Waals surface area contributed by atoms with Crippen LogP contribution in [0.4, 0.5) is 11.4 Å². The number of Topliss-reactive ketones (excluding diaryl/α,β-unsaturated/α-hetero) is 1. The number of esters is 1. The molecule has 0 radical (unpaired) electrons. The van der Waals surface area contributed by atoms with Gasteiger partial charge in [0.1, 0.15) is 23.9 Å². The van der Waals surface area contributed by atoms with Gasteiger partial charge in [-0.2, -0.15) is 10.2 Å². The predicted molar refractivity (Wildman–Crippen MR) is 303 cm³/mol. The van der Waals surface area contributed by atoms with Gasteiger partial charge in [0.2, 0.25) is 23.3 Å². The number of unbranched alkanes of at least 4 members (excludes halogenated alkanes) is 3. The minimum Gasteiger partial charge on any atom is -0.493 e. The van der Waals surface area contributed by atoms with E-state index in [0.717, 1.165) is 18.4 Å². The van der Waals surface area contributed by atoms with Crippen molar-refractivity contribution in [1.29, 1.82) is 0 Å². The lowest BCUT2D eigenvalue weighted by Crippen LogP contribution is -2.53. The average molecular weight is 1150 g/mol. The largest absolute Gasteiger partial charge is 0.493 e. The second-order valence-electron chi connectivity index (χ2n) is 21.1. The molecule has 2 fully saturated rings. The monoisotopic (exact) mass is 1150 g/mol. The van der Waals surface area contributed by atoms with Gasteiger partial charge >= 0.3 is 5.97 Å². The van der Waals surface area contributed by atoms with Gasteiger partial charge in [-0.3, -0.25) is 38.9 Å². The number of piperidine rings is 2. The first kappa shape index (κ1) is 62.0. The maximum Gasteiger partial charge on any atom is 0.329 e. The van der Waals surface area contributed by atoms with Gasteiger partial charge < -0.3 is 53.6 Å². The highest BCUT2D eigenvalue weighted by Gasteiger charge is 2.42. The third-order valence-electron chi connectivity index (χ3n) is 15.1. The van der Waals surface area contributed by atoms with E-state index in [1.54, 1.807) is 76.6 Å². The van der Waals surface area contributed by atoms with Crippen molar-refractivity contribution >= 4 is 58.6 Å². The van der Waals surface area contributed by atoms with Gasteiger partial charge in [0.05, 0.1) is 39.8 Å². The van der Waals surface area contributed by atoms with Crippen LogP contribution in [0.25, 0.3) is 0 Å². The van der Waals surface area contributed by atoms with E-state index in [9.17, 15) is 38.4 Å². The fraction of sp³-hybridized carbons (Fsp3) is 0.475. The number of azo groups is 1. The number of rotatable bonds is 29. The first-order chi connectivity index (χ1) is 40.0. The number of aryl methyl sites for hydroxylation is 1. The molecule has 22 nitrogen and oxygen atoms in total. The lowest BCUT2D eigenvalue weighted by molar-refractivity contribution is -0.164. The number of likely N-dealkylation sites (tertiary alicyclic amines) is 1. The fourth-order valence-corrected chi connectivity index (χ4v) is 9.94. The Morgan fingerprint density at radius 1 is 0.747 bits per heavy atom. The molecule has 7 rings (SSSR count). The Kier molecular flexibility index (Phi) is 22.0. The van der Waals surface area contributed by atoms with Crippen molar-refractivity contribution in [2.45, 2.75) is 123 Å². The van der Waals surface area contributed by atoms with Gasteiger partial charge in [-0.1, -0.05) is 57.9 Å². The highest BCUT2D eigenvalue weighted by atomic mass is 16.6. The van der Waals surface area contributed by atoms with Crippen molar-refractivity contribution in [2.75, 3.05) is 61.3 Å². The number of fused-ring (bicyclic) bond motifs is 1. The van der Waals surface area contributed by atoms with E-state index in [0.29, 0.717) is 110 Å². The Bertz CT molecular complexity index is 3030. The van der Waals surface area contributed by atoms with E-state index in [-0.39, 0.29) is 80.0 Å². The number of benzene rings is 4. The summed E-state index contributed by atoms with van der Waals surface area (Å²) >= 11 is 0. The van der Waals surface area contributed by atoms with Gasteiger partial charge in [-0.05, 0) is 105 Å². The van der Waals surface area contributed by atoms with Crippen LogP contribution in [0.5, 0.6) is 34.5 Å². The normalized spacial score (nSPS) is 16.3. The van der Waals surface area contributed by atoms with Gasteiger partial charge in [-0.15, -0.1) is 0 Å². The van der Waals surface area contributed by atoms with Crippen molar-refractivity contribution in [2.24, 2.45) is 15.6 Å². The molecular weight excluding hydrogens is 1070 g/mol. The second-order valence-corrected chi connectivity index (χ2v) is 21.1. The summed E-state index contributed by atoms with van der Waals surface area (Å²) in [5.74, 6) is -1.47. The molecule has 0 bridgehead atoms. The predicted octanol–water partition coefficient (Wildman–Crippen LogP) is 7.75. The zero-order valence-corrected chi connectivity index (χ0v) is 48.3. The van der Waals surface area contributed by atoms with Crippen molar-refractivity contribution in [3.63, 3.8) is 0 Å². The maximum atomic E-state index is 14.1. The molecule has 444 valence electrons. The number of ketones is 1. The van der Waals surface area contributed by atoms with E-state index in [4.69, 9.17) is 33.2 Å². The third kappa shape index (κ3) is 16.1. The first-order valence-corrected chi connectivity index (χ1v) is 28.1. The molecule has 6 amide bonds. The number of carbonyl (C=O) groups excluding carboxylic acids is 8. The van der Waals surface area contributed by atoms with Gasteiger partial charge in [-0.25, -0.2) is 4.79 Å². The molecule has 3 atom stereocenters. The number of carbonyl (C=O) groups is 8. The van der Waals surface area contributed by atoms with Gasteiger partial charge in [0.25, 0.3) is 23.6 Å². The van der Waals surface area contributed by atoms with Gasteiger partial charge in [0, 0.05) is 61.3 Å². The molecule has 83 heavy (non-hydrogen) atoms. The quantitative estimate of drug-likeness (QED) is 0.0154. The summed E-state index contributed by atoms with van der Waals surface area (Å²) in [6, 6.07) is 19.1. The zero-order valence-electron chi connectivity index (χ0n) is 48.3. The molecule has 2 saturated heterocycles. The van der Waals surface area contributed by atoms with Crippen molar-refractivity contribution < 1.29 is 71.5 Å². The first-order valence-electron chi connectivity index (χ1n) is 28.1. The van der Waals surface area contributed by atoms with Crippen molar-refractivity contribution in [3.8, 4) is 34.5 Å². The molecule has 22 heteroatoms. The summed E-state index contributed by atoms with van der Waals surface area (Å²) in [6.07, 6.45) is 5.63. The van der Waals surface area contributed by atoms with Crippen LogP contribution in [0.15, 0.2) is 83.0 Å². The Labute approximate surface area is 483 Å². The average Bonchev–Trinajstić information content (AvgIpc) is 4.13. The molecule has 0 aliphatic carbocycles. The van der Waals surface area contributed by atoms with Crippen LogP contribution in [-0.2, 0) is 51.3 Å². The molecule has 3 N–H and O–H groups in total. The number of ether oxygens (including phenoxy) is 7. The highest BCUT2D eigenvalue weighted by molar-refractivity contribution is 6.38. The standard InChI is InChI=1S/C61H75N7O15/c1-8-61(2,3)56(72)59(75)67-30-14-11-21-46(67)60(76)83-47(25-22-38-23-26-48(77-4)49(31-38)78-5)39-17-15-18-41(32-39)81-36-53(70)62-28-12-9-10-13-29-63-54(71)37-82-55-50(79-6)33-40(34-51(55)80-7)65-66-44-20-16-19-42-43(44)35-68(58(42)74)45-24-27-52(69)64-57(45)73/h15-20,23,26,31-34,45-47H,8-14,21-22,24-25,27-30,35-37H2,1-7H3,(H,62,70)(H,63,71)(H,64,69,73)/b66-65-/t45?,46-,47+/m0/s1. The fourth-order valence-electron chi connectivity index (χ4n) is 9.94. The number of imide groups is 1. The summed E-state index contributed by atoms with van der Waals surface area (Å²) in [5, 5.41) is 16.8. The second kappa shape index (κ2) is 29.4. The molecule has 3 aliphatic heterocycles. The number of amides is 6. The van der Waals surface area contributed by atoms with Crippen molar-refractivity contribution in [3.05, 3.63) is 95.1 Å². The summed E-state index contributed by atoms with van der Waals surface area (Å²) < 4.78 is 40.1. The molecule has 0 spiro atoms. The lowest BCUT2D eigenvalue weighted by Gasteiger charge is -2.36. The molecule has 0 saturated carbocycles. The summed E-state index contributed by atoms with van der Waals surface area (Å²) in [4.78, 5) is 107. The summed E-state index contributed by atoms with van der Waals surface area (Å²) in [7, 11) is 5.99. The van der Waals surface area contributed by atoms with Crippen LogP contribution in [0.1, 0.15) is 125 Å². The minimum absolute atomic E-state index is 0.130. The Morgan fingerprint density at radius 3 is 2.08 bits per heavy atom. The summed E-state index contributed by atoms with van der Waals surface area (Å²) in [5.41, 5.74) is 2.44. The Hall–Kier alpha value is -8.56. The molecule has 4 aromatic rings. The summed E-state index contributed by atoms with van der Waals surface area (Å²) in [6.45, 7) is 5.97. The van der Waals surface area contributed by atoms with E-state index in [2.05, 4.69) is 26.2 Å². The van der Waals surface area contributed by atoms with Crippen LogP contribution in [0.3, 0.4) is 0 Å². The third-order valence-corrected chi connectivity index (χ3v) is 15.1. The van der Waals surface area contributed by atoms with E-state index in [1.807, 2.05) is 31.2 Å². The SMILES string of the molecule is CCC(C)(C)C(=O)C(=O)N1CCCC[C@H]1C(=O)O[C@H](CCc1ccc(OC)c(OC)c1)c1cccc(OCC(=O)NCCCCCCNC(=O)COc2c(OC)cc(/N=N\c3cccc4c3CN(C3CCC(=O)NC3=O)C4=O)cc2OC)c1. The van der Waals surface area contributed by atoms with E-state index in [1.165, 1.54) is 24.0 Å². The molecule has 4 aromatic carbocycles. The molecule has 1 unspecified atom stereocenters. The van der Waals surface area contributed by atoms with E-state index < -0.39 is 47.2 Å². The number of nitrogens with zero attached hydrogens (tertiary/aromatic N) is 4. The van der Waals surface area contributed by atoms with E-state index >= 15 is 0 Å². The van der Waals surface area contributed by atoms with Crippen LogP contribution in [-0.4, -0.2) is 130 Å². The Morgan fingerprint density at radius 2 is 1.42 bits per heavy atom. The highest BCUT2D eigenvalue weighted by Crippen LogP contribution is 2.42. The molecule has 3 aliphatic rings. The molecular formula is C61H75N7O15.